The van der Waals surface area contributed by atoms with Gasteiger partial charge in [0, 0.05) is 20.2 Å². The van der Waals surface area contributed by atoms with Crippen molar-refractivity contribution in [3.63, 3.8) is 0 Å². The molecule has 0 amide bonds. The first-order valence-electron chi connectivity index (χ1n) is 3.83. The first-order valence-corrected chi connectivity index (χ1v) is 5.34. The van der Waals surface area contributed by atoms with Gasteiger partial charge in [-0.25, -0.2) is 8.42 Å². The predicted molar refractivity (Wildman–Crippen MR) is 45.5 cm³/mol. The Morgan fingerprint density at radius 2 is 2.00 bits per heavy atom. The van der Waals surface area contributed by atoms with Crippen molar-refractivity contribution in [3.8, 4) is 0 Å². The SMILES string of the molecule is COCCN(CCO)S(=O)(=O)C(F)F. The third kappa shape index (κ3) is 3.82. The molecule has 0 aliphatic rings. The van der Waals surface area contributed by atoms with Gasteiger partial charge >= 0.3 is 5.76 Å². The first kappa shape index (κ1) is 13.7. The largest absolute Gasteiger partial charge is 0.395 e. The maximum absolute atomic E-state index is 12.1. The standard InChI is InChI=1S/C6H13F2NO4S/c1-13-5-3-9(2-4-10)14(11,12)6(7)8/h6,10H,2-5H2,1H3. The number of hydrogen-bond acceptors (Lipinski definition) is 4. The van der Waals surface area contributed by atoms with Gasteiger partial charge < -0.3 is 9.84 Å². The molecule has 0 aromatic carbocycles. The average molecular weight is 233 g/mol. The van der Waals surface area contributed by atoms with Gasteiger partial charge in [0.1, 0.15) is 0 Å². The van der Waals surface area contributed by atoms with Crippen molar-refractivity contribution in [2.45, 2.75) is 5.76 Å². The highest BCUT2D eigenvalue weighted by Gasteiger charge is 2.31. The number of ether oxygens (including phenoxy) is 1. The highest BCUT2D eigenvalue weighted by atomic mass is 32.2. The molecule has 86 valence electrons. The van der Waals surface area contributed by atoms with Crippen LogP contribution >= 0.6 is 0 Å². The van der Waals surface area contributed by atoms with E-state index in [2.05, 4.69) is 4.74 Å². The van der Waals surface area contributed by atoms with Crippen LogP contribution in [0.2, 0.25) is 0 Å². The normalized spacial score (nSPS) is 12.7. The van der Waals surface area contributed by atoms with Crippen LogP contribution < -0.4 is 0 Å². The summed E-state index contributed by atoms with van der Waals surface area (Å²) in [5.74, 6) is -3.47. The van der Waals surface area contributed by atoms with Gasteiger partial charge in [0.15, 0.2) is 0 Å². The Bertz CT molecular complexity index is 244. The molecule has 0 saturated carbocycles. The van der Waals surface area contributed by atoms with Crippen LogP contribution in [-0.2, 0) is 14.8 Å². The van der Waals surface area contributed by atoms with Crippen LogP contribution in [0.1, 0.15) is 0 Å². The molecule has 0 unspecified atom stereocenters. The van der Waals surface area contributed by atoms with Crippen LogP contribution in [-0.4, -0.2) is 57.0 Å². The second-order valence-electron chi connectivity index (χ2n) is 2.42. The molecule has 0 saturated heterocycles. The summed E-state index contributed by atoms with van der Waals surface area (Å²) in [6.45, 7) is -1.04. The van der Waals surface area contributed by atoms with Crippen molar-refractivity contribution < 1.29 is 27.0 Å². The smallest absolute Gasteiger partial charge is 0.350 e. The van der Waals surface area contributed by atoms with Crippen LogP contribution in [0.4, 0.5) is 8.78 Å². The maximum Gasteiger partial charge on any atom is 0.350 e. The zero-order valence-electron chi connectivity index (χ0n) is 7.69. The molecule has 14 heavy (non-hydrogen) atoms. The van der Waals surface area contributed by atoms with E-state index in [-0.39, 0.29) is 19.7 Å². The van der Waals surface area contributed by atoms with E-state index in [1.165, 1.54) is 7.11 Å². The van der Waals surface area contributed by atoms with E-state index >= 15 is 0 Å². The molecule has 0 fully saturated rings. The van der Waals surface area contributed by atoms with Crippen molar-refractivity contribution in [2.75, 3.05) is 33.4 Å². The fraction of sp³-hybridized carbons (Fsp3) is 1.00. The Hall–Kier alpha value is -0.310. The molecular formula is C6H13F2NO4S. The lowest BCUT2D eigenvalue weighted by Gasteiger charge is -2.19. The molecule has 0 aliphatic carbocycles. The number of alkyl halides is 2. The lowest BCUT2D eigenvalue weighted by molar-refractivity contribution is 0.159. The molecule has 8 heteroatoms. The van der Waals surface area contributed by atoms with E-state index in [1.807, 2.05) is 0 Å². The van der Waals surface area contributed by atoms with E-state index in [9.17, 15) is 17.2 Å². The molecular weight excluding hydrogens is 220 g/mol. The molecule has 0 aliphatic heterocycles. The molecule has 0 aromatic rings. The predicted octanol–water partition coefficient (Wildman–Crippen LogP) is -0.520. The summed E-state index contributed by atoms with van der Waals surface area (Å²) in [5.41, 5.74) is 0. The van der Waals surface area contributed by atoms with Crippen LogP contribution in [0.5, 0.6) is 0 Å². The third-order valence-electron chi connectivity index (χ3n) is 1.48. The number of hydrogen-bond donors (Lipinski definition) is 1. The Morgan fingerprint density at radius 1 is 1.43 bits per heavy atom. The lowest BCUT2D eigenvalue weighted by Crippen LogP contribution is -2.39. The van der Waals surface area contributed by atoms with Crippen molar-refractivity contribution >= 4 is 10.0 Å². The van der Waals surface area contributed by atoms with Crippen molar-refractivity contribution in [1.82, 2.24) is 4.31 Å². The van der Waals surface area contributed by atoms with E-state index in [0.717, 1.165) is 0 Å². The summed E-state index contributed by atoms with van der Waals surface area (Å²) in [5, 5.41) is 8.49. The fourth-order valence-electron chi connectivity index (χ4n) is 0.784. The summed E-state index contributed by atoms with van der Waals surface area (Å²) < 4.78 is 51.1. The number of sulfonamides is 1. The topological polar surface area (TPSA) is 66.8 Å². The number of halogens is 2. The molecule has 0 aromatic heterocycles. The molecule has 0 rings (SSSR count). The second kappa shape index (κ2) is 6.23. The molecule has 0 bridgehead atoms. The minimum absolute atomic E-state index is 0.00590. The molecule has 0 spiro atoms. The van der Waals surface area contributed by atoms with Gasteiger partial charge in [-0.05, 0) is 0 Å². The molecule has 5 nitrogen and oxygen atoms in total. The van der Waals surface area contributed by atoms with Gasteiger partial charge in [-0.3, -0.25) is 0 Å². The van der Waals surface area contributed by atoms with Crippen LogP contribution in [0.3, 0.4) is 0 Å². The van der Waals surface area contributed by atoms with Gasteiger partial charge in [-0.1, -0.05) is 0 Å². The second-order valence-corrected chi connectivity index (χ2v) is 4.32. The Balaban J connectivity index is 4.47. The van der Waals surface area contributed by atoms with Crippen molar-refractivity contribution in [2.24, 2.45) is 0 Å². The molecule has 0 heterocycles. The monoisotopic (exact) mass is 233 g/mol. The highest BCUT2D eigenvalue weighted by Crippen LogP contribution is 2.10. The zero-order chi connectivity index (χ0) is 11.2. The Labute approximate surface area is 81.3 Å². The van der Waals surface area contributed by atoms with E-state index in [0.29, 0.717) is 4.31 Å². The molecule has 0 radical (unpaired) electrons. The highest BCUT2D eigenvalue weighted by molar-refractivity contribution is 7.89. The quantitative estimate of drug-likeness (QED) is 0.642. The average Bonchev–Trinajstić information content (AvgIpc) is 2.11. The Kier molecular flexibility index (Phi) is 6.09. The lowest BCUT2D eigenvalue weighted by atomic mass is 10.6. The number of methoxy groups -OCH3 is 1. The van der Waals surface area contributed by atoms with Crippen molar-refractivity contribution in [3.05, 3.63) is 0 Å². The minimum Gasteiger partial charge on any atom is -0.395 e. The minimum atomic E-state index is -4.61. The maximum atomic E-state index is 12.1. The Morgan fingerprint density at radius 3 is 2.36 bits per heavy atom. The van der Waals surface area contributed by atoms with Gasteiger partial charge in [0.05, 0.1) is 13.2 Å². The van der Waals surface area contributed by atoms with Gasteiger partial charge in [0.25, 0.3) is 10.0 Å². The zero-order valence-corrected chi connectivity index (χ0v) is 8.51. The number of aliphatic hydroxyl groups excluding tert-OH is 1. The van der Waals surface area contributed by atoms with E-state index in [4.69, 9.17) is 5.11 Å². The van der Waals surface area contributed by atoms with Crippen LogP contribution in [0.15, 0.2) is 0 Å². The summed E-state index contributed by atoms with van der Waals surface area (Å²) in [6.07, 6.45) is 0. The molecule has 0 atom stereocenters. The van der Waals surface area contributed by atoms with Crippen LogP contribution in [0.25, 0.3) is 0 Å². The van der Waals surface area contributed by atoms with Gasteiger partial charge in [-0.2, -0.15) is 13.1 Å². The summed E-state index contributed by atoms with van der Waals surface area (Å²) >= 11 is 0. The summed E-state index contributed by atoms with van der Waals surface area (Å²) in [6, 6.07) is 0. The van der Waals surface area contributed by atoms with Gasteiger partial charge in [0.2, 0.25) is 0 Å². The van der Waals surface area contributed by atoms with Gasteiger partial charge in [-0.15, -0.1) is 0 Å². The van der Waals surface area contributed by atoms with Crippen LogP contribution in [0, 0.1) is 0 Å². The number of nitrogens with zero attached hydrogens (tertiary/aromatic N) is 1. The first-order chi connectivity index (χ1) is 6.46. The van der Waals surface area contributed by atoms with Crippen molar-refractivity contribution in [1.29, 1.82) is 0 Å². The molecule has 1 N–H and O–H groups in total. The van der Waals surface area contributed by atoms with E-state index in [1.54, 1.807) is 0 Å². The third-order valence-corrected chi connectivity index (χ3v) is 3.01. The summed E-state index contributed by atoms with van der Waals surface area (Å²) in [4.78, 5) is 0. The number of aliphatic hydroxyl groups is 1. The van der Waals surface area contributed by atoms with E-state index < -0.39 is 22.4 Å². The summed E-state index contributed by atoms with van der Waals surface area (Å²) in [7, 11) is -3.29. The number of rotatable bonds is 7. The fourth-order valence-corrected chi connectivity index (χ4v) is 1.67.